The topological polar surface area (TPSA) is 54.5 Å². The SMILES string of the molecule is CC1(C)C=C(c2ccnc3c2CCN3C(=O)OC(C)(C)C)CC(C)(C)N1. The second kappa shape index (κ2) is 6.08. The summed E-state index contributed by atoms with van der Waals surface area (Å²) in [5.41, 5.74) is 3.12. The van der Waals surface area contributed by atoms with Crippen molar-refractivity contribution in [3.63, 3.8) is 0 Å². The lowest BCUT2D eigenvalue weighted by molar-refractivity contribution is 0.0583. The predicted octanol–water partition coefficient (Wildman–Crippen LogP) is 4.31. The third kappa shape index (κ3) is 3.93. The second-order valence-corrected chi connectivity index (χ2v) is 9.62. The Morgan fingerprint density at radius 3 is 2.58 bits per heavy atom. The van der Waals surface area contributed by atoms with Gasteiger partial charge in [0.2, 0.25) is 0 Å². The lowest BCUT2D eigenvalue weighted by Crippen LogP contribution is -2.53. The lowest BCUT2D eigenvalue weighted by atomic mass is 9.80. The normalized spacial score (nSPS) is 21.2. The molecular formula is C21H31N3O2. The molecule has 0 atom stereocenters. The van der Waals surface area contributed by atoms with Gasteiger partial charge in [0.15, 0.2) is 0 Å². The van der Waals surface area contributed by atoms with Gasteiger partial charge in [0.05, 0.1) is 0 Å². The van der Waals surface area contributed by atoms with Gasteiger partial charge >= 0.3 is 6.09 Å². The molecule has 5 nitrogen and oxygen atoms in total. The van der Waals surface area contributed by atoms with Gasteiger partial charge < -0.3 is 10.1 Å². The summed E-state index contributed by atoms with van der Waals surface area (Å²) < 4.78 is 5.55. The molecule has 26 heavy (non-hydrogen) atoms. The standard InChI is InChI=1S/C21H31N3O2/c1-19(2,3)26-18(25)24-11-9-16-15(8-10-22-17(16)24)14-12-20(4,5)23-21(6,7)13-14/h8,10,12,23H,9,11,13H2,1-7H3. The molecule has 1 aromatic rings. The average molecular weight is 357 g/mol. The zero-order chi connectivity index (χ0) is 19.3. The van der Waals surface area contributed by atoms with Crippen LogP contribution in [0.4, 0.5) is 10.6 Å². The molecule has 0 aliphatic carbocycles. The monoisotopic (exact) mass is 357 g/mol. The van der Waals surface area contributed by atoms with Crippen molar-refractivity contribution in [3.8, 4) is 0 Å². The van der Waals surface area contributed by atoms with E-state index in [4.69, 9.17) is 4.74 Å². The van der Waals surface area contributed by atoms with Crippen molar-refractivity contribution in [2.45, 2.75) is 78.0 Å². The van der Waals surface area contributed by atoms with Crippen molar-refractivity contribution in [3.05, 3.63) is 29.5 Å². The van der Waals surface area contributed by atoms with Crippen LogP contribution in [-0.2, 0) is 11.2 Å². The molecule has 2 aliphatic rings. The number of carbonyl (C=O) groups is 1. The molecule has 1 amide bonds. The second-order valence-electron chi connectivity index (χ2n) is 9.62. The molecule has 1 aromatic heterocycles. The number of hydrogen-bond acceptors (Lipinski definition) is 4. The molecule has 5 heteroatoms. The highest BCUT2D eigenvalue weighted by Crippen LogP contribution is 2.39. The smallest absolute Gasteiger partial charge is 0.416 e. The van der Waals surface area contributed by atoms with Gasteiger partial charge in [0.1, 0.15) is 11.4 Å². The van der Waals surface area contributed by atoms with E-state index in [0.717, 1.165) is 24.2 Å². The van der Waals surface area contributed by atoms with Gasteiger partial charge in [-0.15, -0.1) is 0 Å². The van der Waals surface area contributed by atoms with E-state index in [1.807, 2.05) is 20.8 Å². The Kier molecular flexibility index (Phi) is 4.42. The predicted molar refractivity (Wildman–Crippen MR) is 105 cm³/mol. The fourth-order valence-corrected chi connectivity index (χ4v) is 4.17. The summed E-state index contributed by atoms with van der Waals surface area (Å²) in [6.45, 7) is 15.1. The fraction of sp³-hybridized carbons (Fsp3) is 0.619. The Balaban J connectivity index is 1.96. The van der Waals surface area contributed by atoms with E-state index in [-0.39, 0.29) is 17.2 Å². The first kappa shape index (κ1) is 18.9. The van der Waals surface area contributed by atoms with E-state index in [2.05, 4.69) is 50.1 Å². The highest BCUT2D eigenvalue weighted by Gasteiger charge is 2.36. The maximum absolute atomic E-state index is 12.6. The van der Waals surface area contributed by atoms with Gasteiger partial charge in [0, 0.05) is 29.4 Å². The Hall–Kier alpha value is -1.88. The lowest BCUT2D eigenvalue weighted by Gasteiger charge is -2.41. The van der Waals surface area contributed by atoms with Gasteiger partial charge in [-0.25, -0.2) is 9.78 Å². The van der Waals surface area contributed by atoms with E-state index in [1.165, 1.54) is 11.1 Å². The molecule has 0 saturated heterocycles. The number of nitrogens with one attached hydrogen (secondary N) is 1. The van der Waals surface area contributed by atoms with Crippen LogP contribution in [-0.4, -0.2) is 34.3 Å². The number of aromatic nitrogens is 1. The number of anilines is 1. The summed E-state index contributed by atoms with van der Waals surface area (Å²) in [6.07, 6.45) is 5.55. The van der Waals surface area contributed by atoms with Crippen molar-refractivity contribution < 1.29 is 9.53 Å². The zero-order valence-electron chi connectivity index (χ0n) is 17.1. The molecule has 2 aliphatic heterocycles. The largest absolute Gasteiger partial charge is 0.443 e. The Bertz CT molecular complexity index is 757. The molecule has 3 rings (SSSR count). The molecular weight excluding hydrogens is 326 g/mol. The average Bonchev–Trinajstić information content (AvgIpc) is 2.85. The quantitative estimate of drug-likeness (QED) is 0.813. The van der Waals surface area contributed by atoms with Crippen LogP contribution < -0.4 is 10.2 Å². The van der Waals surface area contributed by atoms with Crippen LogP contribution in [0, 0.1) is 0 Å². The highest BCUT2D eigenvalue weighted by atomic mass is 16.6. The molecule has 142 valence electrons. The number of nitrogens with zero attached hydrogens (tertiary/aromatic N) is 2. The summed E-state index contributed by atoms with van der Waals surface area (Å²) >= 11 is 0. The Labute approximate surface area is 156 Å². The third-order valence-corrected chi connectivity index (χ3v) is 4.66. The van der Waals surface area contributed by atoms with Crippen LogP contribution in [0.3, 0.4) is 0 Å². The molecule has 3 heterocycles. The van der Waals surface area contributed by atoms with E-state index in [1.54, 1.807) is 11.1 Å². The minimum atomic E-state index is -0.511. The first-order valence-electron chi connectivity index (χ1n) is 9.37. The number of ether oxygens (including phenoxy) is 1. The molecule has 0 bridgehead atoms. The molecule has 1 N–H and O–H groups in total. The maximum atomic E-state index is 12.6. The van der Waals surface area contributed by atoms with Crippen LogP contribution >= 0.6 is 0 Å². The van der Waals surface area contributed by atoms with Gasteiger partial charge in [-0.1, -0.05) is 6.08 Å². The van der Waals surface area contributed by atoms with E-state index < -0.39 is 5.60 Å². The number of pyridine rings is 1. The maximum Gasteiger partial charge on any atom is 0.416 e. The van der Waals surface area contributed by atoms with Crippen molar-refractivity contribution in [2.24, 2.45) is 0 Å². The molecule has 0 aromatic carbocycles. The first-order chi connectivity index (χ1) is 11.9. The van der Waals surface area contributed by atoms with Crippen molar-refractivity contribution in [1.29, 1.82) is 0 Å². The van der Waals surface area contributed by atoms with Gasteiger partial charge in [0.25, 0.3) is 0 Å². The van der Waals surface area contributed by atoms with Crippen LogP contribution in [0.1, 0.15) is 66.0 Å². The molecule has 0 unspecified atom stereocenters. The molecule has 0 fully saturated rings. The minimum absolute atomic E-state index is 0.0210. The van der Waals surface area contributed by atoms with Crippen LogP contribution in [0.15, 0.2) is 18.3 Å². The van der Waals surface area contributed by atoms with E-state index >= 15 is 0 Å². The van der Waals surface area contributed by atoms with Crippen molar-refractivity contribution in [1.82, 2.24) is 10.3 Å². The van der Waals surface area contributed by atoms with Crippen LogP contribution in [0.25, 0.3) is 5.57 Å². The number of amides is 1. The Morgan fingerprint density at radius 1 is 1.27 bits per heavy atom. The van der Waals surface area contributed by atoms with Crippen molar-refractivity contribution in [2.75, 3.05) is 11.4 Å². The summed E-state index contributed by atoms with van der Waals surface area (Å²) in [6, 6.07) is 2.08. The molecule has 0 saturated carbocycles. The van der Waals surface area contributed by atoms with E-state index in [9.17, 15) is 4.79 Å². The number of hydrogen-bond donors (Lipinski definition) is 1. The van der Waals surface area contributed by atoms with Crippen LogP contribution in [0.2, 0.25) is 0 Å². The zero-order valence-corrected chi connectivity index (χ0v) is 17.1. The molecule has 0 spiro atoms. The van der Waals surface area contributed by atoms with Crippen LogP contribution in [0.5, 0.6) is 0 Å². The number of fused-ring (bicyclic) bond motifs is 1. The first-order valence-corrected chi connectivity index (χ1v) is 9.37. The number of carbonyl (C=O) groups excluding carboxylic acids is 1. The van der Waals surface area contributed by atoms with Gasteiger partial charge in [-0.3, -0.25) is 4.90 Å². The van der Waals surface area contributed by atoms with Crippen molar-refractivity contribution >= 4 is 17.5 Å². The Morgan fingerprint density at radius 2 is 1.96 bits per heavy atom. The summed E-state index contributed by atoms with van der Waals surface area (Å²) in [7, 11) is 0. The summed E-state index contributed by atoms with van der Waals surface area (Å²) in [5, 5.41) is 3.68. The number of rotatable bonds is 1. The fourth-order valence-electron chi connectivity index (χ4n) is 4.17. The van der Waals surface area contributed by atoms with Gasteiger partial charge in [-0.2, -0.15) is 0 Å². The highest BCUT2D eigenvalue weighted by molar-refractivity contribution is 5.91. The summed E-state index contributed by atoms with van der Waals surface area (Å²) in [4.78, 5) is 18.7. The minimum Gasteiger partial charge on any atom is -0.443 e. The third-order valence-electron chi connectivity index (χ3n) is 4.66. The summed E-state index contributed by atoms with van der Waals surface area (Å²) in [5.74, 6) is 0.742. The van der Waals surface area contributed by atoms with Gasteiger partial charge in [-0.05, 0) is 78.5 Å². The molecule has 0 radical (unpaired) electrons. The van der Waals surface area contributed by atoms with E-state index in [0.29, 0.717) is 6.54 Å².